The number of carboxylic acids is 1. The molecule has 0 aliphatic heterocycles. The number of rotatable bonds is 3. The predicted octanol–water partition coefficient (Wildman–Crippen LogP) is 2.85. The van der Waals surface area contributed by atoms with Crippen molar-refractivity contribution in [1.82, 2.24) is 0 Å². The summed E-state index contributed by atoms with van der Waals surface area (Å²) in [6.45, 7) is 3.46. The molecule has 2 N–H and O–H groups in total. The maximum Gasteiger partial charge on any atom is 0.336 e. The second-order valence-corrected chi connectivity index (χ2v) is 4.22. The van der Waals surface area contributed by atoms with Crippen LogP contribution in [0.15, 0.2) is 34.9 Å². The summed E-state index contributed by atoms with van der Waals surface area (Å²) in [5, 5.41) is 11.6. The summed E-state index contributed by atoms with van der Waals surface area (Å²) in [5.74, 6) is -1.21. The fourth-order valence-electron chi connectivity index (χ4n) is 1.72. The lowest BCUT2D eigenvalue weighted by Crippen LogP contribution is -2.13. The maximum atomic E-state index is 11.9. The number of amides is 1. The minimum absolute atomic E-state index is 0.161. The van der Waals surface area contributed by atoms with Crippen LogP contribution in [0.4, 0.5) is 5.69 Å². The molecule has 98 valence electrons. The number of carbonyl (C=O) groups excluding carboxylic acids is 1. The molecule has 0 atom stereocenters. The van der Waals surface area contributed by atoms with E-state index in [9.17, 15) is 9.59 Å². The van der Waals surface area contributed by atoms with Gasteiger partial charge in [-0.1, -0.05) is 6.07 Å². The van der Waals surface area contributed by atoms with Gasteiger partial charge in [0.05, 0.1) is 11.8 Å². The smallest absolute Gasteiger partial charge is 0.336 e. The number of furan rings is 1. The lowest BCUT2D eigenvalue weighted by molar-refractivity contribution is 0.0695. The van der Waals surface area contributed by atoms with E-state index in [0.29, 0.717) is 11.3 Å². The molecule has 0 saturated heterocycles. The zero-order valence-electron chi connectivity index (χ0n) is 10.6. The summed E-state index contributed by atoms with van der Waals surface area (Å²) in [6, 6.07) is 6.41. The van der Waals surface area contributed by atoms with Gasteiger partial charge in [0.25, 0.3) is 5.91 Å². The van der Waals surface area contributed by atoms with Gasteiger partial charge in [-0.05, 0) is 37.6 Å². The highest BCUT2D eigenvalue weighted by molar-refractivity contribution is 6.03. The number of aryl methyl sites for hydroxylation is 2. The lowest BCUT2D eigenvalue weighted by Gasteiger charge is -2.07. The van der Waals surface area contributed by atoms with E-state index in [2.05, 4.69) is 5.32 Å². The third-order valence-corrected chi connectivity index (χ3v) is 2.79. The second-order valence-electron chi connectivity index (χ2n) is 4.22. The molecule has 0 bridgehead atoms. The number of benzene rings is 1. The number of aromatic carboxylic acids is 1. The molecule has 0 radical (unpaired) electrons. The first-order valence-electron chi connectivity index (χ1n) is 5.68. The van der Waals surface area contributed by atoms with E-state index >= 15 is 0 Å². The molecule has 0 spiro atoms. The minimum atomic E-state index is -1.03. The summed E-state index contributed by atoms with van der Waals surface area (Å²) in [6.07, 6.45) is 1.43. The molecule has 0 fully saturated rings. The van der Waals surface area contributed by atoms with Crippen LogP contribution in [-0.4, -0.2) is 17.0 Å². The average Bonchev–Trinajstić information content (AvgIpc) is 2.77. The van der Waals surface area contributed by atoms with E-state index in [1.54, 1.807) is 32.0 Å². The van der Waals surface area contributed by atoms with Gasteiger partial charge >= 0.3 is 5.97 Å². The Morgan fingerprint density at radius 1 is 1.16 bits per heavy atom. The molecule has 1 aromatic heterocycles. The van der Waals surface area contributed by atoms with Gasteiger partial charge in [-0.2, -0.15) is 0 Å². The van der Waals surface area contributed by atoms with Crippen LogP contribution in [0.1, 0.15) is 32.0 Å². The number of carbonyl (C=O) groups is 2. The molecular weight excluding hydrogens is 246 g/mol. The third-order valence-electron chi connectivity index (χ3n) is 2.79. The van der Waals surface area contributed by atoms with Gasteiger partial charge in [0.1, 0.15) is 0 Å². The van der Waals surface area contributed by atoms with Crippen LogP contribution in [0.25, 0.3) is 0 Å². The Hall–Kier alpha value is -2.56. The SMILES string of the molecule is Cc1ccc(NC(=O)c2occc2C)cc1C(=O)O. The molecule has 1 heterocycles. The van der Waals surface area contributed by atoms with Crippen LogP contribution < -0.4 is 5.32 Å². The van der Waals surface area contributed by atoms with Crippen LogP contribution in [0, 0.1) is 13.8 Å². The fourth-order valence-corrected chi connectivity index (χ4v) is 1.72. The van der Waals surface area contributed by atoms with Crippen molar-refractivity contribution in [1.29, 1.82) is 0 Å². The van der Waals surface area contributed by atoms with Gasteiger partial charge in [0.15, 0.2) is 5.76 Å². The quantitative estimate of drug-likeness (QED) is 0.888. The fraction of sp³-hybridized carbons (Fsp3) is 0.143. The number of nitrogens with one attached hydrogen (secondary N) is 1. The molecule has 5 nitrogen and oxygen atoms in total. The van der Waals surface area contributed by atoms with Gasteiger partial charge in [0.2, 0.25) is 0 Å². The predicted molar refractivity (Wildman–Crippen MR) is 69.5 cm³/mol. The first-order chi connectivity index (χ1) is 8.99. The Kier molecular flexibility index (Phi) is 3.37. The van der Waals surface area contributed by atoms with Crippen LogP contribution in [0.3, 0.4) is 0 Å². The highest BCUT2D eigenvalue weighted by Gasteiger charge is 2.14. The van der Waals surface area contributed by atoms with Crippen molar-refractivity contribution in [2.45, 2.75) is 13.8 Å². The minimum Gasteiger partial charge on any atom is -0.478 e. The van der Waals surface area contributed by atoms with Gasteiger partial charge in [-0.15, -0.1) is 0 Å². The summed E-state index contributed by atoms with van der Waals surface area (Å²) in [4.78, 5) is 22.9. The highest BCUT2D eigenvalue weighted by Crippen LogP contribution is 2.17. The van der Waals surface area contributed by atoms with Crippen molar-refractivity contribution in [3.63, 3.8) is 0 Å². The first-order valence-corrected chi connectivity index (χ1v) is 5.68. The maximum absolute atomic E-state index is 11.9. The van der Waals surface area contributed by atoms with E-state index in [4.69, 9.17) is 9.52 Å². The first kappa shape index (κ1) is 12.9. The van der Waals surface area contributed by atoms with Gasteiger partial charge in [-0.25, -0.2) is 4.79 Å². The Labute approximate surface area is 109 Å². The summed E-state index contributed by atoms with van der Waals surface area (Å²) in [5.41, 5.74) is 1.94. The van der Waals surface area contributed by atoms with Crippen LogP contribution in [0.5, 0.6) is 0 Å². The van der Waals surface area contributed by atoms with Gasteiger partial charge in [-0.3, -0.25) is 4.79 Å². The van der Waals surface area contributed by atoms with Crippen LogP contribution in [-0.2, 0) is 0 Å². The second kappa shape index (κ2) is 4.97. The number of anilines is 1. The van der Waals surface area contributed by atoms with Crippen LogP contribution in [0.2, 0.25) is 0 Å². The molecule has 1 aromatic carbocycles. The summed E-state index contributed by atoms with van der Waals surface area (Å²) < 4.78 is 5.07. The number of hydrogen-bond acceptors (Lipinski definition) is 3. The average molecular weight is 259 g/mol. The molecule has 2 aromatic rings. The molecule has 1 amide bonds. The Bertz CT molecular complexity index is 643. The zero-order chi connectivity index (χ0) is 14.0. The highest BCUT2D eigenvalue weighted by atomic mass is 16.4. The lowest BCUT2D eigenvalue weighted by atomic mass is 10.1. The van der Waals surface area contributed by atoms with Crippen molar-refractivity contribution in [3.8, 4) is 0 Å². The van der Waals surface area contributed by atoms with Crippen molar-refractivity contribution >= 4 is 17.6 Å². The molecule has 0 aliphatic carbocycles. The normalized spacial score (nSPS) is 10.2. The third kappa shape index (κ3) is 2.65. The van der Waals surface area contributed by atoms with E-state index in [-0.39, 0.29) is 11.3 Å². The summed E-state index contributed by atoms with van der Waals surface area (Å²) in [7, 11) is 0. The number of carboxylic acid groups (broad SMARTS) is 1. The monoisotopic (exact) mass is 259 g/mol. The van der Waals surface area contributed by atoms with E-state index in [1.165, 1.54) is 12.3 Å². The van der Waals surface area contributed by atoms with Crippen molar-refractivity contribution < 1.29 is 19.1 Å². The van der Waals surface area contributed by atoms with E-state index in [0.717, 1.165) is 5.56 Å². The van der Waals surface area contributed by atoms with E-state index < -0.39 is 11.9 Å². The zero-order valence-corrected chi connectivity index (χ0v) is 10.6. The molecule has 5 heteroatoms. The van der Waals surface area contributed by atoms with Gasteiger partial charge < -0.3 is 14.8 Å². The van der Waals surface area contributed by atoms with Crippen molar-refractivity contribution in [2.24, 2.45) is 0 Å². The van der Waals surface area contributed by atoms with Gasteiger partial charge in [0, 0.05) is 11.3 Å². The topological polar surface area (TPSA) is 79.5 Å². The van der Waals surface area contributed by atoms with E-state index in [1.807, 2.05) is 0 Å². The number of hydrogen-bond donors (Lipinski definition) is 2. The Morgan fingerprint density at radius 2 is 1.89 bits per heavy atom. The Morgan fingerprint density at radius 3 is 2.47 bits per heavy atom. The molecular formula is C14H13NO4. The Balaban J connectivity index is 2.25. The van der Waals surface area contributed by atoms with Crippen LogP contribution >= 0.6 is 0 Å². The standard InChI is InChI=1S/C14H13NO4/c1-8-3-4-10(7-11(8)14(17)18)15-13(16)12-9(2)5-6-19-12/h3-7H,1-2H3,(H,15,16)(H,17,18). The molecule has 0 saturated carbocycles. The summed E-state index contributed by atoms with van der Waals surface area (Å²) >= 11 is 0. The van der Waals surface area contributed by atoms with Crippen molar-refractivity contribution in [3.05, 3.63) is 53.0 Å². The van der Waals surface area contributed by atoms with Crippen molar-refractivity contribution in [2.75, 3.05) is 5.32 Å². The molecule has 0 aliphatic rings. The molecule has 2 rings (SSSR count). The molecule has 0 unspecified atom stereocenters. The largest absolute Gasteiger partial charge is 0.478 e. The molecule has 19 heavy (non-hydrogen) atoms.